The van der Waals surface area contributed by atoms with Gasteiger partial charge in [-0.2, -0.15) is 21.6 Å². The molecule has 96 valence electrons. The Bertz CT molecular complexity index is 604. The molecule has 0 spiro atoms. The van der Waals surface area contributed by atoms with E-state index >= 15 is 0 Å². The van der Waals surface area contributed by atoms with E-state index in [-0.39, 0.29) is 5.75 Å². The van der Waals surface area contributed by atoms with Gasteiger partial charge in [0.05, 0.1) is 0 Å². The van der Waals surface area contributed by atoms with Crippen molar-refractivity contribution in [2.24, 2.45) is 0 Å². The molecule has 0 saturated heterocycles. The molecule has 3 nitrogen and oxygen atoms in total. The first-order chi connectivity index (χ1) is 8.29. The molecule has 0 heterocycles. The molecule has 2 aliphatic rings. The van der Waals surface area contributed by atoms with E-state index in [1.807, 2.05) is 0 Å². The van der Waals surface area contributed by atoms with E-state index in [0.29, 0.717) is 11.1 Å². The maximum atomic E-state index is 12.1. The lowest BCUT2D eigenvalue weighted by Crippen LogP contribution is -2.27. The normalized spacial score (nSPS) is 12.6. The van der Waals surface area contributed by atoms with Crippen LogP contribution >= 0.6 is 0 Å². The molecule has 0 atom stereocenters. The fourth-order valence-electron chi connectivity index (χ4n) is 1.41. The van der Waals surface area contributed by atoms with Crippen LogP contribution in [0.25, 0.3) is 11.1 Å². The second kappa shape index (κ2) is 4.16. The molecule has 0 unspecified atom stereocenters. The van der Waals surface area contributed by atoms with Crippen molar-refractivity contribution in [2.45, 2.75) is 5.51 Å². The molecule has 0 N–H and O–H groups in total. The first-order valence-corrected chi connectivity index (χ1v) is 6.20. The summed E-state index contributed by atoms with van der Waals surface area (Å²) in [6.45, 7) is 0. The highest BCUT2D eigenvalue weighted by Crippen LogP contribution is 2.33. The zero-order valence-corrected chi connectivity index (χ0v) is 9.62. The molecule has 0 aromatic rings. The Morgan fingerprint density at radius 2 is 1.44 bits per heavy atom. The van der Waals surface area contributed by atoms with Crippen molar-refractivity contribution in [3.8, 4) is 16.9 Å². The minimum atomic E-state index is -5.62. The van der Waals surface area contributed by atoms with Crippen LogP contribution < -0.4 is 4.18 Å². The van der Waals surface area contributed by atoms with Gasteiger partial charge >= 0.3 is 15.6 Å². The van der Waals surface area contributed by atoms with Gasteiger partial charge in [0.1, 0.15) is 5.75 Å². The van der Waals surface area contributed by atoms with E-state index in [1.54, 1.807) is 30.3 Å². The zero-order valence-electron chi connectivity index (χ0n) is 8.81. The number of rotatable bonds is 2. The Balaban J connectivity index is 2.38. The van der Waals surface area contributed by atoms with Crippen LogP contribution in [0, 0.1) is 0 Å². The molecule has 18 heavy (non-hydrogen) atoms. The molecule has 0 aromatic heterocycles. The third kappa shape index (κ3) is 2.40. The summed E-state index contributed by atoms with van der Waals surface area (Å²) in [5, 5.41) is 0. The Kier molecular flexibility index (Phi) is 2.94. The average molecular weight is 276 g/mol. The predicted octanol–water partition coefficient (Wildman–Crippen LogP) is 3.02. The summed E-state index contributed by atoms with van der Waals surface area (Å²) >= 11 is 0. The van der Waals surface area contributed by atoms with Gasteiger partial charge in [0, 0.05) is 0 Å². The highest BCUT2D eigenvalue weighted by molar-refractivity contribution is 7.88. The lowest BCUT2D eigenvalue weighted by Gasteiger charge is -2.07. The molecule has 2 rings (SSSR count). The minimum absolute atomic E-state index is 0.353. The van der Waals surface area contributed by atoms with Crippen LogP contribution in [0.5, 0.6) is 5.75 Å². The third-order valence-electron chi connectivity index (χ3n) is 2.19. The van der Waals surface area contributed by atoms with Gasteiger partial charge in [-0.25, -0.2) is 0 Å². The maximum Gasteiger partial charge on any atom is 0.534 e. The van der Waals surface area contributed by atoms with Gasteiger partial charge in [-0.15, -0.1) is 0 Å². The van der Waals surface area contributed by atoms with E-state index in [4.69, 9.17) is 0 Å². The SMILES string of the molecule is O=S(=O)(Oc1cc2cccccc-2c1)C(F)(F)F. The molecule has 0 bridgehead atoms. The Hall–Kier alpha value is -1.76. The van der Waals surface area contributed by atoms with Gasteiger partial charge in [-0.05, 0) is 23.3 Å². The van der Waals surface area contributed by atoms with Gasteiger partial charge in [0.2, 0.25) is 0 Å². The van der Waals surface area contributed by atoms with Crippen molar-refractivity contribution in [3.05, 3.63) is 42.5 Å². The molecular weight excluding hydrogens is 269 g/mol. The molecule has 7 heteroatoms. The lowest BCUT2D eigenvalue weighted by molar-refractivity contribution is -0.0499. The highest BCUT2D eigenvalue weighted by atomic mass is 32.2. The summed E-state index contributed by atoms with van der Waals surface area (Å²) < 4.78 is 62.0. The summed E-state index contributed by atoms with van der Waals surface area (Å²) in [5.41, 5.74) is -4.25. The quantitative estimate of drug-likeness (QED) is 0.625. The fourth-order valence-corrected chi connectivity index (χ4v) is 1.85. The van der Waals surface area contributed by atoms with E-state index in [2.05, 4.69) is 4.18 Å². The van der Waals surface area contributed by atoms with Crippen molar-refractivity contribution in [2.75, 3.05) is 0 Å². The summed E-state index contributed by atoms with van der Waals surface area (Å²) in [7, 11) is -5.62. The lowest BCUT2D eigenvalue weighted by atomic mass is 10.2. The average Bonchev–Trinajstić information content (AvgIpc) is 2.45. The van der Waals surface area contributed by atoms with Crippen molar-refractivity contribution in [1.29, 1.82) is 0 Å². The van der Waals surface area contributed by atoms with Crippen molar-refractivity contribution in [1.82, 2.24) is 0 Å². The van der Waals surface area contributed by atoms with Crippen molar-refractivity contribution < 1.29 is 25.8 Å². The Morgan fingerprint density at radius 1 is 0.944 bits per heavy atom. The summed E-state index contributed by atoms with van der Waals surface area (Å²) in [5.74, 6) is -0.353. The number of hydrogen-bond donors (Lipinski definition) is 0. The highest BCUT2D eigenvalue weighted by Gasteiger charge is 2.48. The summed E-state index contributed by atoms with van der Waals surface area (Å²) in [6.07, 6.45) is 0. The first-order valence-electron chi connectivity index (χ1n) is 4.79. The molecule has 0 amide bonds. The number of fused-ring (bicyclic) bond motifs is 1. The van der Waals surface area contributed by atoms with Crippen LogP contribution in [-0.2, 0) is 10.1 Å². The van der Waals surface area contributed by atoms with Gasteiger partial charge in [-0.3, -0.25) is 0 Å². The van der Waals surface area contributed by atoms with Crippen LogP contribution in [0.2, 0.25) is 0 Å². The van der Waals surface area contributed by atoms with Crippen molar-refractivity contribution in [3.63, 3.8) is 0 Å². The third-order valence-corrected chi connectivity index (χ3v) is 3.17. The smallest absolute Gasteiger partial charge is 0.376 e. The van der Waals surface area contributed by atoms with Crippen molar-refractivity contribution >= 4 is 10.1 Å². The van der Waals surface area contributed by atoms with Gasteiger partial charge in [0.15, 0.2) is 0 Å². The number of alkyl halides is 3. The van der Waals surface area contributed by atoms with Crippen LogP contribution in [0.4, 0.5) is 13.2 Å². The first kappa shape index (κ1) is 12.7. The van der Waals surface area contributed by atoms with Gasteiger partial charge < -0.3 is 4.18 Å². The van der Waals surface area contributed by atoms with Gasteiger partial charge in [0.25, 0.3) is 0 Å². The Morgan fingerprint density at radius 3 is 1.89 bits per heavy atom. The van der Waals surface area contributed by atoms with Crippen LogP contribution in [0.1, 0.15) is 0 Å². The molecule has 2 aliphatic carbocycles. The molecule has 0 saturated carbocycles. The topological polar surface area (TPSA) is 43.4 Å². The van der Waals surface area contributed by atoms with Crippen LogP contribution in [0.15, 0.2) is 42.5 Å². The number of hydrogen-bond acceptors (Lipinski definition) is 3. The minimum Gasteiger partial charge on any atom is -0.376 e. The zero-order chi connectivity index (χ0) is 13.4. The van der Waals surface area contributed by atoms with Crippen LogP contribution in [-0.4, -0.2) is 13.9 Å². The fraction of sp³-hybridized carbons (Fsp3) is 0.0909. The number of halogens is 3. The molecule has 0 aliphatic heterocycles. The standard InChI is InChI=1S/C11H7F3O3S/c12-11(13,14)18(15,16)17-10-6-8-4-2-1-3-5-9(8)7-10/h1-7H. The Labute approximate surface area is 101 Å². The van der Waals surface area contributed by atoms with E-state index < -0.39 is 15.6 Å². The second-order valence-corrected chi connectivity index (χ2v) is 5.03. The summed E-state index contributed by atoms with van der Waals surface area (Å²) in [6, 6.07) is 10.9. The summed E-state index contributed by atoms with van der Waals surface area (Å²) in [4.78, 5) is 0. The van der Waals surface area contributed by atoms with Gasteiger partial charge in [-0.1, -0.05) is 30.3 Å². The molecular formula is C11H7F3O3S. The monoisotopic (exact) mass is 276 g/mol. The largest absolute Gasteiger partial charge is 0.534 e. The molecule has 0 radical (unpaired) electrons. The molecule has 0 aromatic carbocycles. The van der Waals surface area contributed by atoms with Crippen LogP contribution in [0.3, 0.4) is 0 Å². The second-order valence-electron chi connectivity index (χ2n) is 3.50. The molecule has 0 fully saturated rings. The van der Waals surface area contributed by atoms with E-state index in [9.17, 15) is 21.6 Å². The van der Waals surface area contributed by atoms with E-state index in [1.165, 1.54) is 12.1 Å². The maximum absolute atomic E-state index is 12.1. The predicted molar refractivity (Wildman–Crippen MR) is 58.7 cm³/mol. The van der Waals surface area contributed by atoms with E-state index in [0.717, 1.165) is 0 Å².